The summed E-state index contributed by atoms with van der Waals surface area (Å²) in [6.07, 6.45) is 3.36. The van der Waals surface area contributed by atoms with Crippen molar-refractivity contribution in [2.75, 3.05) is 0 Å². The molecule has 94 valence electrons. The molecule has 2 rings (SSSR count). The predicted molar refractivity (Wildman–Crippen MR) is 77.6 cm³/mol. The smallest absolute Gasteiger partial charge is 0.0178 e. The van der Waals surface area contributed by atoms with E-state index in [0.717, 1.165) is 6.42 Å². The summed E-state index contributed by atoms with van der Waals surface area (Å²) in [5, 5.41) is 0. The zero-order valence-corrected chi connectivity index (χ0v) is 11.0. The standard InChI is InChI=1S/C17H21N/c1-2-4-14-7-9-15(10-8-14)11-16-5-3-6-17(12-16)13-18/h3,5-10,12H,2,4,11,13,18H2,1H3. The van der Waals surface area contributed by atoms with Gasteiger partial charge in [-0.3, -0.25) is 0 Å². The molecular formula is C17H21N. The van der Waals surface area contributed by atoms with Gasteiger partial charge in [0, 0.05) is 6.54 Å². The van der Waals surface area contributed by atoms with E-state index in [1.807, 2.05) is 0 Å². The second-order valence-corrected chi connectivity index (χ2v) is 4.77. The molecule has 0 aliphatic heterocycles. The van der Waals surface area contributed by atoms with Crippen LogP contribution in [0.3, 0.4) is 0 Å². The Hall–Kier alpha value is -1.60. The molecule has 0 amide bonds. The van der Waals surface area contributed by atoms with E-state index in [0.29, 0.717) is 6.54 Å². The van der Waals surface area contributed by atoms with Crippen LogP contribution in [0.2, 0.25) is 0 Å². The monoisotopic (exact) mass is 239 g/mol. The second kappa shape index (κ2) is 6.36. The van der Waals surface area contributed by atoms with Crippen LogP contribution in [0.4, 0.5) is 0 Å². The number of nitrogens with two attached hydrogens (primary N) is 1. The third-order valence-corrected chi connectivity index (χ3v) is 3.20. The zero-order valence-electron chi connectivity index (χ0n) is 11.0. The van der Waals surface area contributed by atoms with Crippen LogP contribution in [0.15, 0.2) is 48.5 Å². The minimum atomic E-state index is 0.614. The van der Waals surface area contributed by atoms with Crippen molar-refractivity contribution in [3.63, 3.8) is 0 Å². The van der Waals surface area contributed by atoms with Crippen molar-refractivity contribution in [3.05, 3.63) is 70.8 Å². The summed E-state index contributed by atoms with van der Waals surface area (Å²) < 4.78 is 0. The first kappa shape index (κ1) is 12.8. The fraction of sp³-hybridized carbons (Fsp3) is 0.294. The molecule has 0 bridgehead atoms. The molecule has 1 nitrogen and oxygen atoms in total. The number of hydrogen-bond acceptors (Lipinski definition) is 1. The molecule has 2 aromatic rings. The number of benzene rings is 2. The molecule has 0 fully saturated rings. The summed E-state index contributed by atoms with van der Waals surface area (Å²) >= 11 is 0. The molecule has 0 aromatic heterocycles. The Morgan fingerprint density at radius 2 is 1.50 bits per heavy atom. The third kappa shape index (κ3) is 3.44. The minimum absolute atomic E-state index is 0.614. The van der Waals surface area contributed by atoms with Crippen LogP contribution in [0, 0.1) is 0 Å². The minimum Gasteiger partial charge on any atom is -0.326 e. The van der Waals surface area contributed by atoms with E-state index in [4.69, 9.17) is 5.73 Å². The maximum Gasteiger partial charge on any atom is 0.0178 e. The predicted octanol–water partition coefficient (Wildman–Crippen LogP) is 3.69. The fourth-order valence-corrected chi connectivity index (χ4v) is 2.21. The van der Waals surface area contributed by atoms with Crippen molar-refractivity contribution in [1.29, 1.82) is 0 Å². The number of rotatable bonds is 5. The van der Waals surface area contributed by atoms with E-state index in [9.17, 15) is 0 Å². The summed E-state index contributed by atoms with van der Waals surface area (Å²) in [5.74, 6) is 0. The van der Waals surface area contributed by atoms with E-state index in [1.165, 1.54) is 35.1 Å². The molecule has 2 aromatic carbocycles. The molecule has 0 saturated heterocycles. The van der Waals surface area contributed by atoms with E-state index in [-0.39, 0.29) is 0 Å². The average molecular weight is 239 g/mol. The lowest BCUT2D eigenvalue weighted by atomic mass is 10.0. The molecule has 0 radical (unpaired) electrons. The molecule has 0 heterocycles. The van der Waals surface area contributed by atoms with Crippen LogP contribution >= 0.6 is 0 Å². The van der Waals surface area contributed by atoms with E-state index in [1.54, 1.807) is 0 Å². The highest BCUT2D eigenvalue weighted by Gasteiger charge is 1.98. The lowest BCUT2D eigenvalue weighted by Crippen LogP contribution is -1.97. The van der Waals surface area contributed by atoms with Crippen molar-refractivity contribution in [1.82, 2.24) is 0 Å². The normalized spacial score (nSPS) is 10.6. The molecule has 1 heteroatoms. The Morgan fingerprint density at radius 3 is 2.17 bits per heavy atom. The Labute approximate surface area is 110 Å². The molecule has 2 N–H and O–H groups in total. The van der Waals surface area contributed by atoms with Crippen LogP contribution in [0.1, 0.15) is 35.6 Å². The van der Waals surface area contributed by atoms with Gasteiger partial charge in [0.25, 0.3) is 0 Å². The Bertz CT molecular complexity index is 485. The number of aryl methyl sites for hydroxylation is 1. The van der Waals surface area contributed by atoms with Crippen LogP contribution < -0.4 is 5.73 Å². The van der Waals surface area contributed by atoms with Gasteiger partial charge in [-0.1, -0.05) is 61.9 Å². The molecule has 0 aliphatic carbocycles. The lowest BCUT2D eigenvalue weighted by Gasteiger charge is -2.05. The summed E-state index contributed by atoms with van der Waals surface area (Å²) in [4.78, 5) is 0. The number of hydrogen-bond donors (Lipinski definition) is 1. The Balaban J connectivity index is 2.08. The van der Waals surface area contributed by atoms with Gasteiger partial charge in [-0.25, -0.2) is 0 Å². The average Bonchev–Trinajstić information content (AvgIpc) is 2.42. The largest absolute Gasteiger partial charge is 0.326 e. The zero-order chi connectivity index (χ0) is 12.8. The molecular weight excluding hydrogens is 218 g/mol. The SMILES string of the molecule is CCCc1ccc(Cc2cccc(CN)c2)cc1. The highest BCUT2D eigenvalue weighted by atomic mass is 14.5. The van der Waals surface area contributed by atoms with Gasteiger partial charge >= 0.3 is 0 Å². The highest BCUT2D eigenvalue weighted by molar-refractivity contribution is 5.31. The van der Waals surface area contributed by atoms with Crippen LogP contribution in [0.25, 0.3) is 0 Å². The van der Waals surface area contributed by atoms with E-state index < -0.39 is 0 Å². The van der Waals surface area contributed by atoms with Gasteiger partial charge in [0.15, 0.2) is 0 Å². The lowest BCUT2D eigenvalue weighted by molar-refractivity contribution is 0.920. The van der Waals surface area contributed by atoms with Gasteiger partial charge < -0.3 is 5.73 Å². The van der Waals surface area contributed by atoms with Crippen molar-refractivity contribution < 1.29 is 0 Å². The molecule has 0 atom stereocenters. The van der Waals surface area contributed by atoms with Gasteiger partial charge in [0.2, 0.25) is 0 Å². The van der Waals surface area contributed by atoms with Gasteiger partial charge in [-0.05, 0) is 35.1 Å². The van der Waals surface area contributed by atoms with Crippen LogP contribution in [-0.4, -0.2) is 0 Å². The molecule has 18 heavy (non-hydrogen) atoms. The van der Waals surface area contributed by atoms with Crippen molar-refractivity contribution in [2.24, 2.45) is 5.73 Å². The topological polar surface area (TPSA) is 26.0 Å². The van der Waals surface area contributed by atoms with E-state index >= 15 is 0 Å². The third-order valence-electron chi connectivity index (χ3n) is 3.20. The van der Waals surface area contributed by atoms with E-state index in [2.05, 4.69) is 55.5 Å². The first-order valence-electron chi connectivity index (χ1n) is 6.67. The van der Waals surface area contributed by atoms with Gasteiger partial charge in [-0.15, -0.1) is 0 Å². The fourth-order valence-electron chi connectivity index (χ4n) is 2.21. The van der Waals surface area contributed by atoms with Gasteiger partial charge in [-0.2, -0.15) is 0 Å². The maximum atomic E-state index is 5.67. The molecule has 0 spiro atoms. The van der Waals surface area contributed by atoms with Crippen molar-refractivity contribution >= 4 is 0 Å². The summed E-state index contributed by atoms with van der Waals surface area (Å²) in [6, 6.07) is 17.5. The summed E-state index contributed by atoms with van der Waals surface area (Å²) in [5.41, 5.74) is 11.0. The summed E-state index contributed by atoms with van der Waals surface area (Å²) in [7, 11) is 0. The molecule has 0 unspecified atom stereocenters. The van der Waals surface area contributed by atoms with Crippen molar-refractivity contribution in [3.8, 4) is 0 Å². The Kier molecular flexibility index (Phi) is 4.54. The quantitative estimate of drug-likeness (QED) is 0.846. The first-order chi connectivity index (χ1) is 8.81. The maximum absolute atomic E-state index is 5.67. The second-order valence-electron chi connectivity index (χ2n) is 4.77. The van der Waals surface area contributed by atoms with Crippen LogP contribution in [-0.2, 0) is 19.4 Å². The Morgan fingerprint density at radius 1 is 0.833 bits per heavy atom. The van der Waals surface area contributed by atoms with Gasteiger partial charge in [0.05, 0.1) is 0 Å². The molecule has 0 aliphatic rings. The first-order valence-corrected chi connectivity index (χ1v) is 6.67. The molecule has 0 saturated carbocycles. The highest BCUT2D eigenvalue weighted by Crippen LogP contribution is 2.13. The van der Waals surface area contributed by atoms with Crippen LogP contribution in [0.5, 0.6) is 0 Å². The summed E-state index contributed by atoms with van der Waals surface area (Å²) in [6.45, 7) is 2.83. The van der Waals surface area contributed by atoms with Crippen molar-refractivity contribution in [2.45, 2.75) is 32.7 Å². The van der Waals surface area contributed by atoms with Gasteiger partial charge in [0.1, 0.15) is 0 Å².